The Morgan fingerprint density at radius 2 is 0.857 bits per heavy atom. The van der Waals surface area contributed by atoms with Crippen molar-refractivity contribution in [3.63, 3.8) is 0 Å². The van der Waals surface area contributed by atoms with Gasteiger partial charge in [0, 0.05) is 0 Å². The summed E-state index contributed by atoms with van der Waals surface area (Å²) >= 11 is 0. The van der Waals surface area contributed by atoms with Gasteiger partial charge in [-0.05, 0) is 0 Å². The van der Waals surface area contributed by atoms with E-state index in [9.17, 15) is 0 Å². The molecule has 0 rings (SSSR count). The zero-order chi connectivity index (χ0) is 4.50. The molecule has 7 heteroatoms. The van der Waals surface area contributed by atoms with Crippen LogP contribution in [-0.4, -0.2) is 36.3 Å². The summed E-state index contributed by atoms with van der Waals surface area (Å²) in [7, 11) is -5.61. The molecule has 0 spiro atoms. The molecule has 2 radical (unpaired) electrons. The Balaban J connectivity index is -0.0000000800. The maximum atomic E-state index is 8.58. The Morgan fingerprint density at radius 1 is 0.857 bits per heavy atom. The van der Waals surface area contributed by atoms with Gasteiger partial charge in [0.1, 0.15) is 0 Å². The molecule has 0 N–H and O–H groups in total. The van der Waals surface area contributed by atoms with Crippen LogP contribution in [0.15, 0.2) is 0 Å². The van der Waals surface area contributed by atoms with Crippen molar-refractivity contribution in [2.45, 2.75) is 0 Å². The minimum atomic E-state index is -5.61. The molecular formula is NiO4PbSi. The van der Waals surface area contributed by atoms with E-state index >= 15 is 0 Å². The molecule has 7 heavy (non-hydrogen) atoms. The molecule has 0 unspecified atom stereocenters. The van der Waals surface area contributed by atoms with Crippen LogP contribution < -0.4 is 19.2 Å². The summed E-state index contributed by atoms with van der Waals surface area (Å²) in [4.78, 5) is 34.3. The molecule has 0 aliphatic carbocycles. The third-order valence-corrected chi connectivity index (χ3v) is 0. The first kappa shape index (κ1) is 15.8. The fourth-order valence-corrected chi connectivity index (χ4v) is 0. The second-order valence-corrected chi connectivity index (χ2v) is 1.50. The molecule has 0 saturated heterocycles. The Labute approximate surface area is 71.8 Å². The van der Waals surface area contributed by atoms with Crippen molar-refractivity contribution in [1.82, 2.24) is 0 Å². The molecular weight excluding hydrogens is 358 g/mol. The van der Waals surface area contributed by atoms with E-state index in [0.717, 1.165) is 0 Å². The zero-order valence-electron chi connectivity index (χ0n) is 2.95. The fraction of sp³-hybridized carbons (Fsp3) is 0. The minimum absolute atomic E-state index is 0. The predicted octanol–water partition coefficient (Wildman–Crippen LogP) is -5.52. The third kappa shape index (κ3) is 103. The molecule has 0 bridgehead atoms. The van der Waals surface area contributed by atoms with Crippen LogP contribution in [0.1, 0.15) is 0 Å². The van der Waals surface area contributed by atoms with Crippen LogP contribution in [0.3, 0.4) is 0 Å². The average molecular weight is 358 g/mol. The molecule has 0 atom stereocenters. The van der Waals surface area contributed by atoms with Gasteiger partial charge in [-0.25, -0.2) is 0 Å². The molecule has 0 aromatic rings. The van der Waals surface area contributed by atoms with Gasteiger partial charge in [-0.2, -0.15) is 0 Å². The van der Waals surface area contributed by atoms with Gasteiger partial charge in [-0.3, -0.25) is 0 Å². The Bertz CT molecular complexity index is 27.2. The van der Waals surface area contributed by atoms with E-state index in [1.54, 1.807) is 0 Å². The van der Waals surface area contributed by atoms with E-state index in [0.29, 0.717) is 0 Å². The van der Waals surface area contributed by atoms with Crippen molar-refractivity contribution < 1.29 is 35.7 Å². The van der Waals surface area contributed by atoms with Gasteiger partial charge < -0.3 is 28.2 Å². The monoisotopic (exact) mass is 358 g/mol. The quantitative estimate of drug-likeness (QED) is 0.404. The van der Waals surface area contributed by atoms with Crippen molar-refractivity contribution in [2.75, 3.05) is 0 Å². The van der Waals surface area contributed by atoms with Gasteiger partial charge >= 0.3 is 43.8 Å². The second-order valence-electron chi connectivity index (χ2n) is 0.500. The van der Waals surface area contributed by atoms with Crippen molar-refractivity contribution >= 4 is 36.3 Å². The molecule has 0 fully saturated rings. The summed E-state index contributed by atoms with van der Waals surface area (Å²) in [5.41, 5.74) is 0. The molecule has 0 aromatic carbocycles. The molecule has 42 valence electrons. The molecule has 0 amide bonds. The first-order chi connectivity index (χ1) is 2.00. The second kappa shape index (κ2) is 5.61. The van der Waals surface area contributed by atoms with Gasteiger partial charge in [0.25, 0.3) is 0 Å². The van der Waals surface area contributed by atoms with E-state index in [1.807, 2.05) is 0 Å². The maximum Gasteiger partial charge on any atom is 2.00 e. The van der Waals surface area contributed by atoms with E-state index in [4.69, 9.17) is 19.2 Å². The number of hydrogen-bond acceptors (Lipinski definition) is 4. The minimum Gasteiger partial charge on any atom is -0.894 e. The van der Waals surface area contributed by atoms with E-state index < -0.39 is 9.05 Å². The standard InChI is InChI=1S/Ni.O4Si.Pb/c;1-5(2,3)4;/q+2;-4;+2. The molecule has 0 aliphatic rings. The Morgan fingerprint density at radius 3 is 0.857 bits per heavy atom. The summed E-state index contributed by atoms with van der Waals surface area (Å²) in [6, 6.07) is 0. The van der Waals surface area contributed by atoms with Crippen LogP contribution in [0.25, 0.3) is 0 Å². The first-order valence-corrected chi connectivity index (χ1v) is 2.45. The van der Waals surface area contributed by atoms with Crippen molar-refractivity contribution in [2.24, 2.45) is 0 Å². The summed E-state index contributed by atoms with van der Waals surface area (Å²) < 4.78 is 0. The zero-order valence-corrected chi connectivity index (χ0v) is 8.82. The van der Waals surface area contributed by atoms with Crippen molar-refractivity contribution in [3.8, 4) is 0 Å². The van der Waals surface area contributed by atoms with Crippen LogP contribution in [0.2, 0.25) is 0 Å². The SMILES string of the molecule is [Ni+2].[O-][Si]([O-])([O-])[O-].[Pb+2]. The molecule has 0 heterocycles. The topological polar surface area (TPSA) is 92.2 Å². The van der Waals surface area contributed by atoms with Crippen LogP contribution >= 0.6 is 0 Å². The Kier molecular flexibility index (Phi) is 12.7. The van der Waals surface area contributed by atoms with Gasteiger partial charge in [-0.1, -0.05) is 0 Å². The summed E-state index contributed by atoms with van der Waals surface area (Å²) in [6.07, 6.45) is 0. The van der Waals surface area contributed by atoms with Crippen molar-refractivity contribution in [3.05, 3.63) is 0 Å². The largest absolute Gasteiger partial charge is 2.00 e. The van der Waals surface area contributed by atoms with Crippen LogP contribution in [0, 0.1) is 0 Å². The normalized spacial score (nSPS) is 8.57. The third-order valence-electron chi connectivity index (χ3n) is 0. The molecule has 0 aliphatic heterocycles. The van der Waals surface area contributed by atoms with Gasteiger partial charge in [-0.15, -0.1) is 0 Å². The number of hydrogen-bond donors (Lipinski definition) is 0. The first-order valence-electron chi connectivity index (χ1n) is 0.816. The molecule has 0 saturated carbocycles. The fourth-order valence-electron chi connectivity index (χ4n) is 0. The number of rotatable bonds is 0. The predicted molar refractivity (Wildman–Crippen MR) is 11.5 cm³/mol. The average Bonchev–Trinajstić information content (AvgIpc) is 0.722. The van der Waals surface area contributed by atoms with E-state index in [-0.39, 0.29) is 43.8 Å². The van der Waals surface area contributed by atoms with Crippen molar-refractivity contribution in [1.29, 1.82) is 0 Å². The Hall–Kier alpha value is 1.47. The van der Waals surface area contributed by atoms with Gasteiger partial charge in [0.2, 0.25) is 0 Å². The van der Waals surface area contributed by atoms with Gasteiger partial charge in [0.15, 0.2) is 0 Å². The van der Waals surface area contributed by atoms with Crippen LogP contribution in [0.4, 0.5) is 0 Å². The van der Waals surface area contributed by atoms with E-state index in [2.05, 4.69) is 0 Å². The van der Waals surface area contributed by atoms with Crippen LogP contribution in [-0.2, 0) is 16.5 Å². The smallest absolute Gasteiger partial charge is 0.894 e. The van der Waals surface area contributed by atoms with E-state index in [1.165, 1.54) is 0 Å². The van der Waals surface area contributed by atoms with Crippen LogP contribution in [0.5, 0.6) is 0 Å². The summed E-state index contributed by atoms with van der Waals surface area (Å²) in [6.45, 7) is 0. The molecule has 0 aromatic heterocycles. The molecule has 4 nitrogen and oxygen atoms in total. The van der Waals surface area contributed by atoms with Gasteiger partial charge in [0.05, 0.1) is 0 Å². The maximum absolute atomic E-state index is 8.58. The summed E-state index contributed by atoms with van der Waals surface area (Å²) in [5.74, 6) is 0. The summed E-state index contributed by atoms with van der Waals surface area (Å²) in [5, 5.41) is 0.